The highest BCUT2D eigenvalue weighted by molar-refractivity contribution is 5.92. The molecule has 1 aliphatic heterocycles. The van der Waals surface area contributed by atoms with Gasteiger partial charge < -0.3 is 10.0 Å². The molecule has 62 valence electrons. The monoisotopic (exact) mass is 157 g/mol. The number of carbonyl (C=O) groups excluding carboxylic acids is 2. The lowest BCUT2D eigenvalue weighted by Gasteiger charge is -2.11. The minimum atomic E-state index is -0.953. The van der Waals surface area contributed by atoms with Gasteiger partial charge in [-0.3, -0.25) is 9.59 Å². The standard InChI is InChI=1S/C7H11NO3/c1-2-7(11)8-3-5(9)6(10)4-8/h5,9H,2-4H2,1H3/t5-/m0/s1. The molecule has 1 aliphatic rings. The third kappa shape index (κ3) is 1.57. The SMILES string of the molecule is CCC(=O)N1CC(=O)[C@@H](O)C1. The number of hydrogen-bond donors (Lipinski definition) is 1. The molecule has 1 heterocycles. The maximum absolute atomic E-state index is 11.0. The average molecular weight is 157 g/mol. The van der Waals surface area contributed by atoms with Crippen molar-refractivity contribution in [2.45, 2.75) is 19.4 Å². The van der Waals surface area contributed by atoms with Crippen molar-refractivity contribution in [1.82, 2.24) is 4.90 Å². The smallest absolute Gasteiger partial charge is 0.222 e. The highest BCUT2D eigenvalue weighted by Crippen LogP contribution is 2.06. The molecule has 1 atom stereocenters. The van der Waals surface area contributed by atoms with E-state index in [0.717, 1.165) is 0 Å². The molecule has 0 aliphatic carbocycles. The number of β-amino-alcohol motifs (C(OH)–C–C–N with tert-alkyl or cyclic N) is 1. The second-order valence-corrected chi connectivity index (χ2v) is 2.61. The van der Waals surface area contributed by atoms with Crippen LogP contribution in [0.4, 0.5) is 0 Å². The van der Waals surface area contributed by atoms with Crippen molar-refractivity contribution in [2.75, 3.05) is 13.1 Å². The van der Waals surface area contributed by atoms with E-state index in [2.05, 4.69) is 0 Å². The third-order valence-electron chi connectivity index (χ3n) is 1.77. The Labute approximate surface area is 64.8 Å². The summed E-state index contributed by atoms with van der Waals surface area (Å²) in [6.45, 7) is 1.98. The molecule has 11 heavy (non-hydrogen) atoms. The number of ketones is 1. The average Bonchev–Trinajstić information content (AvgIpc) is 2.31. The lowest BCUT2D eigenvalue weighted by atomic mass is 10.3. The van der Waals surface area contributed by atoms with E-state index in [1.807, 2.05) is 0 Å². The number of likely N-dealkylation sites (tertiary alicyclic amines) is 1. The quantitative estimate of drug-likeness (QED) is 0.540. The summed E-state index contributed by atoms with van der Waals surface area (Å²) in [5.41, 5.74) is 0. The second kappa shape index (κ2) is 3.00. The second-order valence-electron chi connectivity index (χ2n) is 2.61. The van der Waals surface area contributed by atoms with Gasteiger partial charge in [0.1, 0.15) is 6.10 Å². The van der Waals surface area contributed by atoms with Gasteiger partial charge in [-0.25, -0.2) is 0 Å². The molecule has 1 amide bonds. The van der Waals surface area contributed by atoms with Crippen molar-refractivity contribution < 1.29 is 14.7 Å². The summed E-state index contributed by atoms with van der Waals surface area (Å²) in [5.74, 6) is -0.332. The van der Waals surface area contributed by atoms with Gasteiger partial charge in [0.15, 0.2) is 5.78 Å². The zero-order chi connectivity index (χ0) is 8.43. The van der Waals surface area contributed by atoms with Crippen molar-refractivity contribution in [2.24, 2.45) is 0 Å². The number of nitrogens with zero attached hydrogens (tertiary/aromatic N) is 1. The van der Waals surface area contributed by atoms with E-state index in [9.17, 15) is 9.59 Å². The normalized spacial score (nSPS) is 24.4. The molecule has 0 unspecified atom stereocenters. The molecule has 0 saturated carbocycles. The van der Waals surface area contributed by atoms with Gasteiger partial charge >= 0.3 is 0 Å². The van der Waals surface area contributed by atoms with Gasteiger partial charge in [-0.2, -0.15) is 0 Å². The van der Waals surface area contributed by atoms with Crippen molar-refractivity contribution in [3.63, 3.8) is 0 Å². The number of hydrogen-bond acceptors (Lipinski definition) is 3. The van der Waals surface area contributed by atoms with Crippen LogP contribution >= 0.6 is 0 Å². The summed E-state index contributed by atoms with van der Waals surface area (Å²) in [6, 6.07) is 0. The summed E-state index contributed by atoms with van der Waals surface area (Å²) >= 11 is 0. The summed E-state index contributed by atoms with van der Waals surface area (Å²) in [7, 11) is 0. The highest BCUT2D eigenvalue weighted by atomic mass is 16.3. The number of aliphatic hydroxyl groups is 1. The van der Waals surface area contributed by atoms with Gasteiger partial charge in [0.2, 0.25) is 5.91 Å². The van der Waals surface area contributed by atoms with Gasteiger partial charge in [0.25, 0.3) is 0 Å². The van der Waals surface area contributed by atoms with Crippen LogP contribution in [-0.4, -0.2) is 40.9 Å². The molecule has 0 radical (unpaired) electrons. The molecule has 4 nitrogen and oxygen atoms in total. The molecule has 1 rings (SSSR count). The van der Waals surface area contributed by atoms with E-state index in [0.29, 0.717) is 6.42 Å². The molecule has 1 N–H and O–H groups in total. The Kier molecular flexibility index (Phi) is 2.24. The molecule has 0 spiro atoms. The first-order chi connectivity index (χ1) is 5.15. The van der Waals surface area contributed by atoms with Gasteiger partial charge in [-0.15, -0.1) is 0 Å². The first-order valence-electron chi connectivity index (χ1n) is 3.63. The van der Waals surface area contributed by atoms with Crippen LogP contribution in [0.25, 0.3) is 0 Å². The van der Waals surface area contributed by atoms with Crippen LogP contribution in [0.15, 0.2) is 0 Å². The summed E-state index contributed by atoms with van der Waals surface area (Å²) in [4.78, 5) is 23.1. The predicted molar refractivity (Wildman–Crippen MR) is 37.9 cm³/mol. The fourth-order valence-corrected chi connectivity index (χ4v) is 1.08. The van der Waals surface area contributed by atoms with Crippen molar-refractivity contribution in [3.8, 4) is 0 Å². The Balaban J connectivity index is 2.53. The van der Waals surface area contributed by atoms with Crippen LogP contribution < -0.4 is 0 Å². The van der Waals surface area contributed by atoms with Crippen LogP contribution in [0.3, 0.4) is 0 Å². The maximum Gasteiger partial charge on any atom is 0.222 e. The number of carbonyl (C=O) groups is 2. The van der Waals surface area contributed by atoms with Crippen LogP contribution in [0, 0.1) is 0 Å². The Morgan fingerprint density at radius 2 is 2.45 bits per heavy atom. The molecule has 0 aromatic carbocycles. The maximum atomic E-state index is 11.0. The van der Waals surface area contributed by atoms with Crippen LogP contribution in [0.1, 0.15) is 13.3 Å². The summed E-state index contributed by atoms with van der Waals surface area (Å²) < 4.78 is 0. The predicted octanol–water partition coefficient (Wildman–Crippen LogP) is -0.831. The van der Waals surface area contributed by atoms with Crippen LogP contribution in [0.2, 0.25) is 0 Å². The fraction of sp³-hybridized carbons (Fsp3) is 0.714. The number of amides is 1. The topological polar surface area (TPSA) is 57.6 Å². The Morgan fingerprint density at radius 1 is 1.82 bits per heavy atom. The molecule has 0 aromatic rings. The molecule has 4 heteroatoms. The molecular weight excluding hydrogens is 146 g/mol. The minimum Gasteiger partial charge on any atom is -0.383 e. The van der Waals surface area contributed by atoms with Gasteiger partial charge in [-0.05, 0) is 0 Å². The van der Waals surface area contributed by atoms with E-state index in [-0.39, 0.29) is 24.8 Å². The van der Waals surface area contributed by atoms with Crippen molar-refractivity contribution in [3.05, 3.63) is 0 Å². The molecule has 1 saturated heterocycles. The van der Waals surface area contributed by atoms with Gasteiger partial charge in [0.05, 0.1) is 13.1 Å². The van der Waals surface area contributed by atoms with E-state index < -0.39 is 6.10 Å². The number of rotatable bonds is 1. The van der Waals surface area contributed by atoms with E-state index in [1.165, 1.54) is 4.90 Å². The zero-order valence-corrected chi connectivity index (χ0v) is 6.41. The van der Waals surface area contributed by atoms with Crippen molar-refractivity contribution >= 4 is 11.7 Å². The molecule has 0 aromatic heterocycles. The fourth-order valence-electron chi connectivity index (χ4n) is 1.08. The van der Waals surface area contributed by atoms with Crippen LogP contribution in [0.5, 0.6) is 0 Å². The highest BCUT2D eigenvalue weighted by Gasteiger charge is 2.30. The summed E-state index contributed by atoms with van der Waals surface area (Å²) in [5, 5.41) is 8.97. The Hall–Kier alpha value is -0.900. The Bertz CT molecular complexity index is 190. The van der Waals surface area contributed by atoms with Gasteiger partial charge in [0, 0.05) is 6.42 Å². The first kappa shape index (κ1) is 8.20. The number of aliphatic hydroxyl groups excluding tert-OH is 1. The minimum absolute atomic E-state index is 0.0742. The first-order valence-corrected chi connectivity index (χ1v) is 3.63. The molecular formula is C7H11NO3. The number of Topliss-reactive ketones (excluding diaryl/α,β-unsaturated/α-hetero) is 1. The Morgan fingerprint density at radius 3 is 2.82 bits per heavy atom. The van der Waals surface area contributed by atoms with E-state index in [4.69, 9.17) is 5.11 Å². The van der Waals surface area contributed by atoms with E-state index in [1.54, 1.807) is 6.92 Å². The lowest BCUT2D eigenvalue weighted by Crippen LogP contribution is -2.28. The van der Waals surface area contributed by atoms with Gasteiger partial charge in [-0.1, -0.05) is 6.92 Å². The lowest BCUT2D eigenvalue weighted by molar-refractivity contribution is -0.131. The largest absolute Gasteiger partial charge is 0.383 e. The third-order valence-corrected chi connectivity index (χ3v) is 1.77. The van der Waals surface area contributed by atoms with E-state index >= 15 is 0 Å². The molecule has 1 fully saturated rings. The zero-order valence-electron chi connectivity index (χ0n) is 6.41. The van der Waals surface area contributed by atoms with Crippen LogP contribution in [-0.2, 0) is 9.59 Å². The van der Waals surface area contributed by atoms with Crippen molar-refractivity contribution in [1.29, 1.82) is 0 Å². The molecule has 0 bridgehead atoms. The summed E-state index contributed by atoms with van der Waals surface area (Å²) in [6.07, 6.45) is -0.564.